The summed E-state index contributed by atoms with van der Waals surface area (Å²) in [4.78, 5) is 16.7. The maximum absolute atomic E-state index is 12.5. The van der Waals surface area contributed by atoms with E-state index in [4.69, 9.17) is 14.9 Å². The third kappa shape index (κ3) is 5.70. The summed E-state index contributed by atoms with van der Waals surface area (Å²) < 4.78 is 11.4. The largest absolute Gasteiger partial charge is 0.490 e. The average Bonchev–Trinajstić information content (AvgIpc) is 3.22. The van der Waals surface area contributed by atoms with E-state index in [-0.39, 0.29) is 11.4 Å². The second kappa shape index (κ2) is 10.5. The molecule has 7 nitrogen and oxygen atoms in total. The fourth-order valence-corrected chi connectivity index (χ4v) is 4.24. The number of benzene rings is 2. The number of hydrogen-bond donors (Lipinski definition) is 1. The summed E-state index contributed by atoms with van der Waals surface area (Å²) >= 11 is 1.37. The molecule has 4 rings (SSSR count). The lowest BCUT2D eigenvalue weighted by atomic mass is 10.1. The minimum atomic E-state index is -0.417. The average molecular weight is 463 g/mol. The van der Waals surface area contributed by atoms with Crippen molar-refractivity contribution in [3.63, 3.8) is 0 Å². The fourth-order valence-electron chi connectivity index (χ4n) is 3.31. The van der Waals surface area contributed by atoms with Gasteiger partial charge in [-0.05, 0) is 73.0 Å². The van der Waals surface area contributed by atoms with Crippen LogP contribution < -0.4 is 9.47 Å². The van der Waals surface area contributed by atoms with E-state index in [1.165, 1.54) is 16.8 Å². The van der Waals surface area contributed by atoms with Crippen LogP contribution in [0, 0.1) is 12.3 Å². The molecule has 0 fully saturated rings. The van der Waals surface area contributed by atoms with Crippen LogP contribution >= 0.6 is 11.8 Å². The predicted molar refractivity (Wildman–Crippen MR) is 133 cm³/mol. The van der Waals surface area contributed by atoms with Gasteiger partial charge in [0.05, 0.1) is 5.57 Å². The number of carbonyl (C=O) groups excluding carboxylic acids is 1. The van der Waals surface area contributed by atoms with E-state index in [0.29, 0.717) is 24.1 Å². The Morgan fingerprint density at radius 1 is 1.09 bits per heavy atom. The number of aryl methyl sites for hydroxylation is 1. The van der Waals surface area contributed by atoms with Crippen LogP contribution in [0.25, 0.3) is 6.08 Å². The van der Waals surface area contributed by atoms with Crippen LogP contribution in [0.3, 0.4) is 0 Å². The smallest absolute Gasteiger partial charge is 0.283 e. The minimum Gasteiger partial charge on any atom is -0.490 e. The van der Waals surface area contributed by atoms with Crippen molar-refractivity contribution < 1.29 is 14.3 Å². The van der Waals surface area contributed by atoms with Crippen LogP contribution in [0.1, 0.15) is 37.3 Å². The number of hydrazone groups is 1. The zero-order valence-corrected chi connectivity index (χ0v) is 19.5. The molecular formula is C25H26N4O3S. The van der Waals surface area contributed by atoms with Crippen LogP contribution in [-0.2, 0) is 4.79 Å². The molecule has 0 aromatic heterocycles. The first-order valence-electron chi connectivity index (χ1n) is 10.9. The van der Waals surface area contributed by atoms with E-state index in [1.807, 2.05) is 55.5 Å². The number of hydrogen-bond acceptors (Lipinski definition) is 6. The highest BCUT2D eigenvalue weighted by molar-refractivity contribution is 8.26. The highest BCUT2D eigenvalue weighted by Gasteiger charge is 2.35. The van der Waals surface area contributed by atoms with Crippen LogP contribution in [0.15, 0.2) is 64.2 Å². The minimum absolute atomic E-state index is 0.0534. The number of nitrogens with zero attached hydrogens (tertiary/aromatic N) is 3. The lowest BCUT2D eigenvalue weighted by Gasteiger charge is -2.20. The van der Waals surface area contributed by atoms with Crippen LogP contribution in [0.2, 0.25) is 0 Å². The van der Waals surface area contributed by atoms with Gasteiger partial charge in [-0.15, -0.1) is 0 Å². The van der Waals surface area contributed by atoms with E-state index >= 15 is 0 Å². The van der Waals surface area contributed by atoms with E-state index in [2.05, 4.69) is 17.0 Å². The molecule has 2 aliphatic rings. The van der Waals surface area contributed by atoms with Gasteiger partial charge in [0.15, 0.2) is 5.84 Å². The summed E-state index contributed by atoms with van der Waals surface area (Å²) in [6, 6.07) is 15.2. The zero-order chi connectivity index (χ0) is 23.2. The summed E-state index contributed by atoms with van der Waals surface area (Å²) in [5, 5.41) is 15.7. The molecule has 0 radical (unpaired) electrons. The van der Waals surface area contributed by atoms with Gasteiger partial charge in [0.1, 0.15) is 29.8 Å². The maximum Gasteiger partial charge on any atom is 0.283 e. The van der Waals surface area contributed by atoms with Gasteiger partial charge in [0.25, 0.3) is 5.91 Å². The topological polar surface area (TPSA) is 87.3 Å². The van der Waals surface area contributed by atoms with Crippen molar-refractivity contribution in [3.8, 4) is 11.5 Å². The summed E-state index contributed by atoms with van der Waals surface area (Å²) in [5.74, 6) is 1.16. The Morgan fingerprint density at radius 3 is 2.58 bits per heavy atom. The summed E-state index contributed by atoms with van der Waals surface area (Å²) in [5.41, 5.74) is 2.16. The normalized spacial score (nSPS) is 16.5. The molecule has 0 aliphatic carbocycles. The van der Waals surface area contributed by atoms with Gasteiger partial charge in [-0.25, -0.2) is 0 Å². The van der Waals surface area contributed by atoms with Gasteiger partial charge < -0.3 is 9.47 Å². The second-order valence-corrected chi connectivity index (χ2v) is 8.74. The third-order valence-corrected chi connectivity index (χ3v) is 6.01. The van der Waals surface area contributed by atoms with Crippen molar-refractivity contribution in [2.24, 2.45) is 10.1 Å². The summed E-state index contributed by atoms with van der Waals surface area (Å²) in [6.07, 6.45) is 4.57. The van der Waals surface area contributed by atoms with Crippen molar-refractivity contribution in [2.45, 2.75) is 33.1 Å². The molecule has 0 atom stereocenters. The summed E-state index contributed by atoms with van der Waals surface area (Å²) in [6.45, 7) is 5.00. The Morgan fingerprint density at radius 2 is 1.85 bits per heavy atom. The zero-order valence-electron chi connectivity index (χ0n) is 18.7. The number of nitrogens with one attached hydrogen (secondary N) is 1. The molecular weight excluding hydrogens is 436 g/mol. The second-order valence-electron chi connectivity index (χ2n) is 7.70. The molecule has 0 spiro atoms. The molecule has 2 aromatic carbocycles. The van der Waals surface area contributed by atoms with Gasteiger partial charge in [-0.3, -0.25) is 10.2 Å². The van der Waals surface area contributed by atoms with Crippen molar-refractivity contribution >= 4 is 39.8 Å². The molecule has 0 saturated heterocycles. The number of amidine groups is 2. The third-order valence-electron chi connectivity index (χ3n) is 5.04. The molecule has 1 amide bonds. The number of thioether (sulfide) groups is 1. The molecule has 2 aliphatic heterocycles. The standard InChI is InChI=1S/C25H26N4O3S/c1-3-4-8-22-28-29-23(26)21(24(30)27-25(29)33-22)16-18-9-11-19(12-10-18)31-13-14-32-20-7-5-6-17(2)15-20/h5-7,9-12,15-16,26H,3-4,8,13-14H2,1-2H3/b21-16+,26-23?. The molecule has 33 heavy (non-hydrogen) atoms. The number of amides is 1. The highest BCUT2D eigenvalue weighted by Crippen LogP contribution is 2.30. The van der Waals surface area contributed by atoms with Crippen LogP contribution in [-0.4, -0.2) is 40.2 Å². The van der Waals surface area contributed by atoms with E-state index in [9.17, 15) is 4.79 Å². The Labute approximate surface area is 197 Å². The van der Waals surface area contributed by atoms with Gasteiger partial charge >= 0.3 is 0 Å². The van der Waals surface area contributed by atoms with Crippen molar-refractivity contribution in [1.82, 2.24) is 5.01 Å². The van der Waals surface area contributed by atoms with Crippen molar-refractivity contribution in [2.75, 3.05) is 13.2 Å². The first-order valence-corrected chi connectivity index (χ1v) is 11.8. The SMILES string of the molecule is CCCCC1=NN2C(=N)/C(=C\c3ccc(OCCOc4cccc(C)c4)cc3)C(=O)N=C2S1. The Kier molecular flexibility index (Phi) is 7.24. The highest BCUT2D eigenvalue weighted by atomic mass is 32.2. The maximum atomic E-state index is 12.5. The van der Waals surface area contributed by atoms with E-state index in [1.54, 1.807) is 6.08 Å². The number of rotatable bonds is 9. The molecule has 2 heterocycles. The number of ether oxygens (including phenoxy) is 2. The van der Waals surface area contributed by atoms with Gasteiger partial charge in [-0.1, -0.05) is 37.6 Å². The first-order chi connectivity index (χ1) is 16.0. The number of fused-ring (bicyclic) bond motifs is 1. The van der Waals surface area contributed by atoms with Gasteiger partial charge in [0.2, 0.25) is 5.17 Å². The van der Waals surface area contributed by atoms with E-state index < -0.39 is 5.91 Å². The molecule has 2 aromatic rings. The lowest BCUT2D eigenvalue weighted by Crippen LogP contribution is -2.35. The van der Waals surface area contributed by atoms with Gasteiger partial charge in [0, 0.05) is 0 Å². The fraction of sp³-hybridized carbons (Fsp3) is 0.280. The molecule has 1 N–H and O–H groups in total. The number of carbonyl (C=O) groups is 1. The molecule has 170 valence electrons. The number of unbranched alkanes of at least 4 members (excludes halogenated alkanes) is 1. The predicted octanol–water partition coefficient (Wildman–Crippen LogP) is 5.26. The Hall–Kier alpha value is -3.39. The Bertz CT molecular complexity index is 1140. The lowest BCUT2D eigenvalue weighted by molar-refractivity contribution is -0.114. The van der Waals surface area contributed by atoms with Crippen LogP contribution in [0.4, 0.5) is 0 Å². The summed E-state index contributed by atoms with van der Waals surface area (Å²) in [7, 11) is 0. The molecule has 0 bridgehead atoms. The van der Waals surface area contributed by atoms with Crippen LogP contribution in [0.5, 0.6) is 11.5 Å². The van der Waals surface area contributed by atoms with Crippen molar-refractivity contribution in [1.29, 1.82) is 5.41 Å². The van der Waals surface area contributed by atoms with Crippen molar-refractivity contribution in [3.05, 3.63) is 65.2 Å². The van der Waals surface area contributed by atoms with E-state index in [0.717, 1.165) is 41.2 Å². The monoisotopic (exact) mass is 462 g/mol. The quantitative estimate of drug-likeness (QED) is 0.406. The van der Waals surface area contributed by atoms with Gasteiger partial charge in [-0.2, -0.15) is 15.1 Å². The number of aliphatic imine (C=N–C) groups is 1. The molecule has 8 heteroatoms. The first kappa shape index (κ1) is 22.8. The Balaban J connectivity index is 1.35. The molecule has 0 unspecified atom stereocenters. The molecule has 0 saturated carbocycles.